The summed E-state index contributed by atoms with van der Waals surface area (Å²) in [4.78, 5) is 33.3. The quantitative estimate of drug-likeness (QED) is 0.729. The highest BCUT2D eigenvalue weighted by Crippen LogP contribution is 2.25. The first-order valence-electron chi connectivity index (χ1n) is 8.78. The molecule has 3 aromatic carbocycles. The third-order valence-corrected chi connectivity index (χ3v) is 4.63. The molecule has 0 fully saturated rings. The second kappa shape index (κ2) is 6.28. The molecule has 134 valence electrons. The van der Waals surface area contributed by atoms with Crippen molar-refractivity contribution in [2.45, 2.75) is 0 Å². The number of nitrogens with zero attached hydrogens (tertiary/aromatic N) is 2. The molecule has 2 N–H and O–H groups in total. The zero-order chi connectivity index (χ0) is 19.1. The highest BCUT2D eigenvalue weighted by atomic mass is 16.2. The van der Waals surface area contributed by atoms with E-state index >= 15 is 0 Å². The van der Waals surface area contributed by atoms with Crippen LogP contribution in [0.25, 0.3) is 0 Å². The van der Waals surface area contributed by atoms with E-state index in [4.69, 9.17) is 0 Å². The van der Waals surface area contributed by atoms with Crippen LogP contribution in [0.2, 0.25) is 0 Å². The third-order valence-electron chi connectivity index (χ3n) is 4.63. The van der Waals surface area contributed by atoms with Crippen molar-refractivity contribution in [3.63, 3.8) is 0 Å². The third kappa shape index (κ3) is 2.68. The van der Waals surface area contributed by atoms with Gasteiger partial charge in [-0.1, -0.05) is 42.5 Å². The molecular formula is C22H14N4O2. The summed E-state index contributed by atoms with van der Waals surface area (Å²) in [6.45, 7) is 0. The van der Waals surface area contributed by atoms with Crippen molar-refractivity contribution in [3.05, 3.63) is 95.1 Å². The Labute approximate surface area is 160 Å². The summed E-state index contributed by atoms with van der Waals surface area (Å²) in [6.07, 6.45) is 0. The summed E-state index contributed by atoms with van der Waals surface area (Å²) in [6, 6.07) is 22.0. The minimum absolute atomic E-state index is 0.156. The Bertz CT molecular complexity index is 1120. The van der Waals surface area contributed by atoms with Gasteiger partial charge in [0.1, 0.15) is 11.7 Å². The molecule has 6 nitrogen and oxygen atoms in total. The summed E-state index contributed by atoms with van der Waals surface area (Å²) in [5, 5.41) is 5.59. The minimum Gasteiger partial charge on any atom is -0.306 e. The average Bonchev–Trinajstić information content (AvgIpc) is 3.20. The first kappa shape index (κ1) is 16.1. The maximum Gasteiger partial charge on any atom is 0.257 e. The first-order valence-corrected chi connectivity index (χ1v) is 8.78. The zero-order valence-electron chi connectivity index (χ0n) is 14.6. The van der Waals surface area contributed by atoms with Gasteiger partial charge in [0.2, 0.25) is 0 Å². The number of fused-ring (bicyclic) bond motifs is 2. The minimum atomic E-state index is -0.156. The second-order valence-corrected chi connectivity index (χ2v) is 6.44. The normalized spacial score (nSPS) is 17.4. The Morgan fingerprint density at radius 1 is 0.536 bits per heavy atom. The van der Waals surface area contributed by atoms with E-state index in [1.54, 1.807) is 18.2 Å². The van der Waals surface area contributed by atoms with Gasteiger partial charge in [-0.3, -0.25) is 9.59 Å². The molecule has 3 aromatic rings. The Morgan fingerprint density at radius 2 is 0.964 bits per heavy atom. The predicted molar refractivity (Wildman–Crippen MR) is 107 cm³/mol. The van der Waals surface area contributed by atoms with Gasteiger partial charge in [0.05, 0.1) is 22.5 Å². The van der Waals surface area contributed by atoms with Crippen LogP contribution >= 0.6 is 0 Å². The van der Waals surface area contributed by atoms with E-state index in [1.807, 2.05) is 54.6 Å². The van der Waals surface area contributed by atoms with Crippen molar-refractivity contribution in [1.29, 1.82) is 0 Å². The Hall–Kier alpha value is -4.06. The molecule has 2 amide bonds. The molecule has 2 aliphatic heterocycles. The van der Waals surface area contributed by atoms with Crippen LogP contribution in [-0.2, 0) is 0 Å². The van der Waals surface area contributed by atoms with E-state index in [9.17, 15) is 9.59 Å². The molecule has 6 heteroatoms. The number of nitrogens with one attached hydrogen (secondary N) is 2. The maximum absolute atomic E-state index is 12.1. The highest BCUT2D eigenvalue weighted by Gasteiger charge is 2.25. The van der Waals surface area contributed by atoms with Crippen LogP contribution in [-0.4, -0.2) is 23.5 Å². The first-order chi connectivity index (χ1) is 13.7. The van der Waals surface area contributed by atoms with Gasteiger partial charge >= 0.3 is 0 Å². The molecule has 0 saturated carbocycles. The highest BCUT2D eigenvalue weighted by molar-refractivity contribution is 6.24. The molecule has 28 heavy (non-hydrogen) atoms. The van der Waals surface area contributed by atoms with Crippen molar-refractivity contribution >= 4 is 34.9 Å². The number of benzene rings is 3. The molecule has 0 aliphatic carbocycles. The molecule has 0 saturated heterocycles. The van der Waals surface area contributed by atoms with E-state index in [0.717, 1.165) is 11.1 Å². The molecule has 0 spiro atoms. The fraction of sp³-hybridized carbons (Fsp3) is 0. The molecule has 0 aromatic heterocycles. The van der Waals surface area contributed by atoms with Gasteiger partial charge in [-0.05, 0) is 30.3 Å². The van der Waals surface area contributed by atoms with Crippen LogP contribution < -0.4 is 10.6 Å². The number of amidine groups is 2. The van der Waals surface area contributed by atoms with Crippen molar-refractivity contribution in [2.24, 2.45) is 9.98 Å². The smallest absolute Gasteiger partial charge is 0.257 e. The number of hydrogen-bond donors (Lipinski definition) is 2. The maximum atomic E-state index is 12.1. The number of hydrogen-bond acceptors (Lipinski definition) is 4. The van der Waals surface area contributed by atoms with Gasteiger partial charge < -0.3 is 10.6 Å². The van der Waals surface area contributed by atoms with Crippen LogP contribution in [0, 0.1) is 0 Å². The zero-order valence-corrected chi connectivity index (χ0v) is 14.6. The second-order valence-electron chi connectivity index (χ2n) is 6.44. The molecule has 0 radical (unpaired) electrons. The number of carbonyl (C=O) groups is 2. The van der Waals surface area contributed by atoms with Crippen LogP contribution in [0.3, 0.4) is 0 Å². The average molecular weight is 366 g/mol. The van der Waals surface area contributed by atoms with Crippen molar-refractivity contribution in [3.8, 4) is 0 Å². The molecule has 2 heterocycles. The lowest BCUT2D eigenvalue weighted by Crippen LogP contribution is -2.21. The SMILES string of the molecule is O=C1N/C(=N\c2cccc(/N=C3\NC(=O)c4ccccc43)c2)c2ccccc21. The van der Waals surface area contributed by atoms with Gasteiger partial charge in [-0.2, -0.15) is 0 Å². The topological polar surface area (TPSA) is 82.9 Å². The monoisotopic (exact) mass is 366 g/mol. The van der Waals surface area contributed by atoms with E-state index < -0.39 is 0 Å². The standard InChI is InChI=1S/C22H14N4O2/c27-21-17-10-3-1-8-15(17)19(25-21)23-13-6-5-7-14(12-13)24-20-16-9-2-4-11-18(16)22(28)26-20/h1-12H,(H,23,25,27)(H,24,26,28). The number of rotatable bonds is 2. The van der Waals surface area contributed by atoms with Crippen molar-refractivity contribution < 1.29 is 9.59 Å². The lowest BCUT2D eigenvalue weighted by molar-refractivity contribution is 0.0975. The number of amides is 2. The summed E-state index contributed by atoms with van der Waals surface area (Å²) in [7, 11) is 0. The fourth-order valence-electron chi connectivity index (χ4n) is 3.33. The Kier molecular flexibility index (Phi) is 3.62. The molecule has 2 aliphatic rings. The molecule has 0 bridgehead atoms. The van der Waals surface area contributed by atoms with Crippen molar-refractivity contribution in [1.82, 2.24) is 10.6 Å². The number of carbonyl (C=O) groups excluding carboxylic acids is 2. The Balaban J connectivity index is 1.51. The molecule has 0 atom stereocenters. The van der Waals surface area contributed by atoms with E-state index in [-0.39, 0.29) is 11.8 Å². The molecule has 0 unspecified atom stereocenters. The molecular weight excluding hydrogens is 352 g/mol. The summed E-state index contributed by atoms with van der Waals surface area (Å²) in [5.41, 5.74) is 4.10. The fourth-order valence-corrected chi connectivity index (χ4v) is 3.33. The van der Waals surface area contributed by atoms with E-state index in [1.165, 1.54) is 0 Å². The van der Waals surface area contributed by atoms with Crippen LogP contribution in [0.5, 0.6) is 0 Å². The summed E-state index contributed by atoms with van der Waals surface area (Å²) in [5.74, 6) is 0.724. The lowest BCUT2D eigenvalue weighted by Gasteiger charge is -2.02. The van der Waals surface area contributed by atoms with Gasteiger partial charge in [-0.15, -0.1) is 0 Å². The lowest BCUT2D eigenvalue weighted by atomic mass is 10.1. The van der Waals surface area contributed by atoms with Crippen LogP contribution in [0.1, 0.15) is 31.8 Å². The molecule has 5 rings (SSSR count). The van der Waals surface area contributed by atoms with E-state index in [0.29, 0.717) is 34.2 Å². The van der Waals surface area contributed by atoms with Crippen LogP contribution in [0.15, 0.2) is 82.8 Å². The van der Waals surface area contributed by atoms with Crippen molar-refractivity contribution in [2.75, 3.05) is 0 Å². The van der Waals surface area contributed by atoms with Crippen LogP contribution in [0.4, 0.5) is 11.4 Å². The van der Waals surface area contributed by atoms with E-state index in [2.05, 4.69) is 20.6 Å². The van der Waals surface area contributed by atoms with Gasteiger partial charge in [0, 0.05) is 11.1 Å². The number of aliphatic imine (C=N–C) groups is 2. The largest absolute Gasteiger partial charge is 0.306 e. The van der Waals surface area contributed by atoms with Gasteiger partial charge in [-0.25, -0.2) is 9.98 Å². The predicted octanol–water partition coefficient (Wildman–Crippen LogP) is 3.33. The summed E-state index contributed by atoms with van der Waals surface area (Å²) >= 11 is 0. The Morgan fingerprint density at radius 3 is 1.43 bits per heavy atom. The summed E-state index contributed by atoms with van der Waals surface area (Å²) < 4.78 is 0. The van der Waals surface area contributed by atoms with Gasteiger partial charge in [0.15, 0.2) is 0 Å². The van der Waals surface area contributed by atoms with Gasteiger partial charge in [0.25, 0.3) is 11.8 Å².